The summed E-state index contributed by atoms with van der Waals surface area (Å²) in [5, 5.41) is 14.8. The van der Waals surface area contributed by atoms with Crippen LogP contribution in [0.3, 0.4) is 0 Å². The van der Waals surface area contributed by atoms with E-state index < -0.39 is 0 Å². The zero-order valence-corrected chi connectivity index (χ0v) is 15.5. The molecule has 0 spiro atoms. The average Bonchev–Trinajstić information content (AvgIpc) is 3.36. The Morgan fingerprint density at radius 1 is 1.22 bits per heavy atom. The molecule has 6 nitrogen and oxygen atoms in total. The van der Waals surface area contributed by atoms with E-state index in [2.05, 4.69) is 49.4 Å². The van der Waals surface area contributed by atoms with E-state index in [1.165, 1.54) is 10.9 Å². The Labute approximate surface area is 159 Å². The number of rotatable bonds is 6. The van der Waals surface area contributed by atoms with Crippen molar-refractivity contribution in [1.82, 2.24) is 20.2 Å². The first-order chi connectivity index (χ1) is 13.3. The van der Waals surface area contributed by atoms with Crippen molar-refractivity contribution in [1.29, 1.82) is 0 Å². The third-order valence-electron chi connectivity index (χ3n) is 4.97. The van der Waals surface area contributed by atoms with Gasteiger partial charge in [0.1, 0.15) is 0 Å². The summed E-state index contributed by atoms with van der Waals surface area (Å²) in [6, 6.07) is 12.3. The highest BCUT2D eigenvalue weighted by Crippen LogP contribution is 2.31. The fourth-order valence-electron chi connectivity index (χ4n) is 3.52. The van der Waals surface area contributed by atoms with Gasteiger partial charge >= 0.3 is 0 Å². The van der Waals surface area contributed by atoms with Gasteiger partial charge in [0.05, 0.1) is 18.3 Å². The molecular formula is C21H25N5O. The number of nitrogens with one attached hydrogen (secondary N) is 2. The van der Waals surface area contributed by atoms with Crippen LogP contribution in [0.25, 0.3) is 22.2 Å². The molecule has 0 amide bonds. The molecule has 0 saturated carbocycles. The highest BCUT2D eigenvalue weighted by atomic mass is 16.3. The molecule has 3 aromatic rings. The number of hydrogen-bond donors (Lipinski definition) is 3. The molecule has 0 aliphatic carbocycles. The molecule has 2 aromatic heterocycles. The predicted octanol–water partition coefficient (Wildman–Crippen LogP) is 2.76. The normalized spacial score (nSPS) is 14.8. The number of nitrogens with zero attached hydrogens (tertiary/aromatic N) is 3. The number of benzene rings is 1. The van der Waals surface area contributed by atoms with Gasteiger partial charge in [-0.1, -0.05) is 25.1 Å². The van der Waals surface area contributed by atoms with E-state index >= 15 is 0 Å². The summed E-state index contributed by atoms with van der Waals surface area (Å²) in [6.45, 7) is 4.83. The molecule has 4 rings (SSSR count). The molecule has 27 heavy (non-hydrogen) atoms. The summed E-state index contributed by atoms with van der Waals surface area (Å²) >= 11 is 0. The Morgan fingerprint density at radius 3 is 2.85 bits per heavy atom. The van der Waals surface area contributed by atoms with Crippen LogP contribution in [-0.2, 0) is 6.54 Å². The number of para-hydroxylation sites is 1. The van der Waals surface area contributed by atoms with Crippen LogP contribution in [0.5, 0.6) is 0 Å². The van der Waals surface area contributed by atoms with Crippen LogP contribution < -0.4 is 5.32 Å². The second-order valence-corrected chi connectivity index (χ2v) is 6.84. The van der Waals surface area contributed by atoms with E-state index in [-0.39, 0.29) is 6.10 Å². The third-order valence-corrected chi connectivity index (χ3v) is 4.97. The second kappa shape index (κ2) is 7.80. The number of aliphatic imine (C=N–C) groups is 1. The molecule has 1 unspecified atom stereocenters. The van der Waals surface area contributed by atoms with Crippen molar-refractivity contribution in [2.45, 2.75) is 26.0 Å². The first-order valence-corrected chi connectivity index (χ1v) is 9.47. The molecule has 1 aliphatic heterocycles. The van der Waals surface area contributed by atoms with Crippen molar-refractivity contribution in [3.63, 3.8) is 0 Å². The van der Waals surface area contributed by atoms with Gasteiger partial charge in [-0.3, -0.25) is 9.98 Å². The molecular weight excluding hydrogens is 338 g/mol. The number of pyridine rings is 1. The highest BCUT2D eigenvalue weighted by molar-refractivity contribution is 5.91. The van der Waals surface area contributed by atoms with Crippen LogP contribution in [0, 0.1) is 0 Å². The minimum absolute atomic E-state index is 0.387. The summed E-state index contributed by atoms with van der Waals surface area (Å²) in [5.74, 6) is 0.866. The SMILES string of the molecule is CCC(O)CN(Cc1c(-c2cccnc2)[nH]c2ccccc12)C1=NCCN1. The predicted molar refractivity (Wildman–Crippen MR) is 109 cm³/mol. The first-order valence-electron chi connectivity index (χ1n) is 9.47. The number of guanidine groups is 1. The maximum Gasteiger partial charge on any atom is 0.194 e. The van der Waals surface area contributed by atoms with Gasteiger partial charge in [-0.25, -0.2) is 0 Å². The lowest BCUT2D eigenvalue weighted by atomic mass is 10.1. The fraction of sp³-hybridized carbons (Fsp3) is 0.333. The summed E-state index contributed by atoms with van der Waals surface area (Å²) in [5.41, 5.74) is 4.42. The number of fused-ring (bicyclic) bond motifs is 1. The lowest BCUT2D eigenvalue weighted by molar-refractivity contribution is 0.135. The standard InChI is InChI=1S/C21H25N5O/c1-2-16(27)13-26(21-23-10-11-24-21)14-18-17-7-3-4-8-19(17)25-20(18)15-6-5-9-22-12-15/h3-9,12,16,25,27H,2,10-11,13-14H2,1H3,(H,23,24). The Morgan fingerprint density at radius 2 is 2.11 bits per heavy atom. The highest BCUT2D eigenvalue weighted by Gasteiger charge is 2.22. The average molecular weight is 363 g/mol. The van der Waals surface area contributed by atoms with Gasteiger partial charge in [0.15, 0.2) is 5.96 Å². The van der Waals surface area contributed by atoms with E-state index in [1.54, 1.807) is 6.20 Å². The Bertz CT molecular complexity index is 934. The number of hydrogen-bond acceptors (Lipinski definition) is 5. The van der Waals surface area contributed by atoms with Crippen LogP contribution in [0.15, 0.2) is 53.8 Å². The van der Waals surface area contributed by atoms with Crippen LogP contribution >= 0.6 is 0 Å². The van der Waals surface area contributed by atoms with Crippen molar-refractivity contribution < 1.29 is 5.11 Å². The van der Waals surface area contributed by atoms with Gasteiger partial charge < -0.3 is 20.3 Å². The van der Waals surface area contributed by atoms with Crippen LogP contribution in [0.1, 0.15) is 18.9 Å². The number of aliphatic hydroxyl groups is 1. The van der Waals surface area contributed by atoms with Gasteiger partial charge in [0, 0.05) is 54.1 Å². The van der Waals surface area contributed by atoms with Gasteiger partial charge in [-0.05, 0) is 24.6 Å². The fourth-order valence-corrected chi connectivity index (χ4v) is 3.52. The molecule has 1 aliphatic rings. The van der Waals surface area contributed by atoms with E-state index in [9.17, 15) is 5.11 Å². The molecule has 1 atom stereocenters. The molecule has 6 heteroatoms. The second-order valence-electron chi connectivity index (χ2n) is 6.84. The van der Waals surface area contributed by atoms with Crippen molar-refractivity contribution in [2.24, 2.45) is 4.99 Å². The zero-order chi connectivity index (χ0) is 18.6. The maximum atomic E-state index is 10.3. The Kier molecular flexibility index (Phi) is 5.07. The van der Waals surface area contributed by atoms with Gasteiger partial charge in [0.2, 0.25) is 0 Å². The lowest BCUT2D eigenvalue weighted by Crippen LogP contribution is -2.42. The van der Waals surface area contributed by atoms with E-state index in [0.29, 0.717) is 19.5 Å². The third kappa shape index (κ3) is 3.66. The molecule has 1 aromatic carbocycles. The lowest BCUT2D eigenvalue weighted by Gasteiger charge is -2.27. The number of aromatic amines is 1. The monoisotopic (exact) mass is 363 g/mol. The van der Waals surface area contributed by atoms with Gasteiger partial charge in [-0.2, -0.15) is 0 Å². The number of H-pyrrole nitrogens is 1. The molecule has 0 radical (unpaired) electrons. The number of aliphatic hydroxyl groups excluding tert-OH is 1. The van der Waals surface area contributed by atoms with Crippen molar-refractivity contribution in [3.05, 3.63) is 54.4 Å². The Balaban J connectivity index is 1.76. The van der Waals surface area contributed by atoms with Crippen molar-refractivity contribution in [2.75, 3.05) is 19.6 Å². The van der Waals surface area contributed by atoms with Gasteiger partial charge in [-0.15, -0.1) is 0 Å². The smallest absolute Gasteiger partial charge is 0.194 e. The minimum atomic E-state index is -0.387. The van der Waals surface area contributed by atoms with E-state index in [0.717, 1.165) is 35.8 Å². The van der Waals surface area contributed by atoms with Gasteiger partial charge in [0.25, 0.3) is 0 Å². The summed E-state index contributed by atoms with van der Waals surface area (Å²) in [6.07, 6.45) is 3.99. The van der Waals surface area contributed by atoms with Crippen molar-refractivity contribution in [3.8, 4) is 11.3 Å². The Hall–Kier alpha value is -2.86. The minimum Gasteiger partial charge on any atom is -0.391 e. The number of aromatic nitrogens is 2. The zero-order valence-electron chi connectivity index (χ0n) is 15.5. The van der Waals surface area contributed by atoms with E-state index in [1.807, 2.05) is 25.3 Å². The summed E-state index contributed by atoms with van der Waals surface area (Å²) in [4.78, 5) is 14.6. The summed E-state index contributed by atoms with van der Waals surface area (Å²) < 4.78 is 0. The molecule has 3 N–H and O–H groups in total. The molecule has 140 valence electrons. The summed E-state index contributed by atoms with van der Waals surface area (Å²) in [7, 11) is 0. The molecule has 3 heterocycles. The molecule has 0 bridgehead atoms. The van der Waals surface area contributed by atoms with Crippen LogP contribution in [0.4, 0.5) is 0 Å². The maximum absolute atomic E-state index is 10.3. The molecule has 0 saturated heterocycles. The van der Waals surface area contributed by atoms with Crippen LogP contribution in [0.2, 0.25) is 0 Å². The van der Waals surface area contributed by atoms with Crippen LogP contribution in [-0.4, -0.2) is 51.7 Å². The largest absolute Gasteiger partial charge is 0.391 e. The molecule has 0 fully saturated rings. The quantitative estimate of drug-likeness (QED) is 0.629. The van der Waals surface area contributed by atoms with Crippen molar-refractivity contribution >= 4 is 16.9 Å². The first kappa shape index (κ1) is 17.5. The topological polar surface area (TPSA) is 76.5 Å². The van der Waals surface area contributed by atoms with E-state index in [4.69, 9.17) is 0 Å².